The summed E-state index contributed by atoms with van der Waals surface area (Å²) in [6.45, 7) is 1.93. The minimum Gasteiger partial charge on any atom is -0.324 e. The lowest BCUT2D eigenvalue weighted by Crippen LogP contribution is -2.14. The van der Waals surface area contributed by atoms with E-state index in [4.69, 9.17) is 0 Å². The second-order valence-electron chi connectivity index (χ2n) is 4.02. The number of rotatable bonds is 3. The number of fused-ring (bicyclic) bond motifs is 1. The smallest absolute Gasteiger partial charge is 0.297 e. The van der Waals surface area contributed by atoms with Gasteiger partial charge in [-0.2, -0.15) is 0 Å². The topological polar surface area (TPSA) is 99.3 Å². The number of benzene rings is 1. The summed E-state index contributed by atoms with van der Waals surface area (Å²) in [5.41, 5.74) is 1.66. The van der Waals surface area contributed by atoms with Gasteiger partial charge in [0, 0.05) is 6.42 Å². The Morgan fingerprint density at radius 2 is 2.16 bits per heavy atom. The Kier molecular flexibility index (Phi) is 2.71. The lowest BCUT2D eigenvalue weighted by atomic mass is 10.3. The molecule has 3 rings (SSSR count). The predicted octanol–water partition coefficient (Wildman–Crippen LogP) is 1.50. The molecule has 2 aromatic heterocycles. The highest BCUT2D eigenvalue weighted by molar-refractivity contribution is 6.01. The second kappa shape index (κ2) is 4.52. The molecule has 0 saturated carbocycles. The average molecular weight is 256 g/mol. The van der Waals surface area contributed by atoms with Crippen LogP contribution < -0.4 is 5.32 Å². The number of anilines is 1. The molecule has 7 nitrogen and oxygen atoms in total. The molecular formula is C12H12N6O. The number of aromatic nitrogens is 5. The molecule has 2 heterocycles. The monoisotopic (exact) mass is 256 g/mol. The fourth-order valence-corrected chi connectivity index (χ4v) is 1.73. The quantitative estimate of drug-likeness (QED) is 0.661. The number of nitrogens with zero attached hydrogens (tertiary/aromatic N) is 3. The van der Waals surface area contributed by atoms with Crippen LogP contribution in [0.3, 0.4) is 0 Å². The summed E-state index contributed by atoms with van der Waals surface area (Å²) in [5, 5.41) is 9.18. The molecule has 0 aliphatic carbocycles. The van der Waals surface area contributed by atoms with E-state index in [0.717, 1.165) is 11.0 Å². The highest BCUT2D eigenvalue weighted by Gasteiger charge is 2.13. The van der Waals surface area contributed by atoms with Crippen LogP contribution in [0.1, 0.15) is 23.4 Å². The molecule has 7 heteroatoms. The number of para-hydroxylation sites is 2. The fourth-order valence-electron chi connectivity index (χ4n) is 1.73. The lowest BCUT2D eigenvalue weighted by molar-refractivity contribution is 0.101. The Hall–Kier alpha value is -2.70. The zero-order valence-corrected chi connectivity index (χ0v) is 10.3. The molecule has 0 unspecified atom stereocenters. The number of hydrogen-bond donors (Lipinski definition) is 3. The van der Waals surface area contributed by atoms with E-state index < -0.39 is 5.91 Å². The molecule has 96 valence electrons. The normalized spacial score (nSPS) is 10.8. The first-order valence-corrected chi connectivity index (χ1v) is 5.93. The maximum atomic E-state index is 11.9. The van der Waals surface area contributed by atoms with Crippen molar-refractivity contribution in [3.05, 3.63) is 35.9 Å². The minimum absolute atomic E-state index is 0.109. The van der Waals surface area contributed by atoms with Crippen LogP contribution in [0.5, 0.6) is 0 Å². The van der Waals surface area contributed by atoms with Crippen LogP contribution in [-0.2, 0) is 6.42 Å². The Bertz CT molecular complexity index is 695. The van der Waals surface area contributed by atoms with Crippen LogP contribution >= 0.6 is 0 Å². The Labute approximate surface area is 108 Å². The zero-order chi connectivity index (χ0) is 13.2. The molecule has 0 fully saturated rings. The summed E-state index contributed by atoms with van der Waals surface area (Å²) < 4.78 is 0. The van der Waals surface area contributed by atoms with Crippen molar-refractivity contribution in [2.75, 3.05) is 5.32 Å². The van der Waals surface area contributed by atoms with Crippen LogP contribution in [0.15, 0.2) is 24.3 Å². The van der Waals surface area contributed by atoms with E-state index in [0.29, 0.717) is 18.2 Å². The van der Waals surface area contributed by atoms with Gasteiger partial charge >= 0.3 is 0 Å². The molecule has 0 saturated heterocycles. The molecule has 0 aliphatic heterocycles. The first kappa shape index (κ1) is 11.4. The van der Waals surface area contributed by atoms with Crippen molar-refractivity contribution in [2.24, 2.45) is 0 Å². The van der Waals surface area contributed by atoms with Gasteiger partial charge in [-0.25, -0.2) is 9.97 Å². The SMILES string of the molecule is CCc1nc(C(=O)Nc2nc3ccccc3[nH]2)n[nH]1. The summed E-state index contributed by atoms with van der Waals surface area (Å²) in [7, 11) is 0. The van der Waals surface area contributed by atoms with Crippen molar-refractivity contribution >= 4 is 22.9 Å². The van der Waals surface area contributed by atoms with Gasteiger partial charge in [-0.1, -0.05) is 19.1 Å². The van der Waals surface area contributed by atoms with Gasteiger partial charge < -0.3 is 4.98 Å². The summed E-state index contributed by atoms with van der Waals surface area (Å²) in [5.74, 6) is 0.774. The van der Waals surface area contributed by atoms with Crippen LogP contribution in [0.2, 0.25) is 0 Å². The molecule has 19 heavy (non-hydrogen) atoms. The first-order valence-electron chi connectivity index (χ1n) is 5.93. The second-order valence-corrected chi connectivity index (χ2v) is 4.02. The maximum Gasteiger partial charge on any atom is 0.297 e. The van der Waals surface area contributed by atoms with E-state index in [9.17, 15) is 4.79 Å². The van der Waals surface area contributed by atoms with Gasteiger partial charge in [-0.05, 0) is 12.1 Å². The molecule has 3 aromatic rings. The van der Waals surface area contributed by atoms with Crippen LogP contribution in [0.25, 0.3) is 11.0 Å². The number of imidazole rings is 1. The van der Waals surface area contributed by atoms with Crippen molar-refractivity contribution < 1.29 is 4.79 Å². The van der Waals surface area contributed by atoms with Crippen molar-refractivity contribution in [3.63, 3.8) is 0 Å². The molecule has 0 spiro atoms. The third kappa shape index (κ3) is 2.17. The predicted molar refractivity (Wildman–Crippen MR) is 69.8 cm³/mol. The number of H-pyrrole nitrogens is 2. The van der Waals surface area contributed by atoms with Crippen LogP contribution in [-0.4, -0.2) is 31.1 Å². The van der Waals surface area contributed by atoms with Crippen LogP contribution in [0.4, 0.5) is 5.95 Å². The molecular weight excluding hydrogens is 244 g/mol. The first-order chi connectivity index (χ1) is 9.26. The van der Waals surface area contributed by atoms with E-state index in [2.05, 4.69) is 30.5 Å². The Morgan fingerprint density at radius 1 is 1.32 bits per heavy atom. The van der Waals surface area contributed by atoms with Crippen LogP contribution in [0, 0.1) is 0 Å². The largest absolute Gasteiger partial charge is 0.324 e. The summed E-state index contributed by atoms with van der Waals surface area (Å²) >= 11 is 0. The number of hydrogen-bond acceptors (Lipinski definition) is 4. The number of nitrogens with one attached hydrogen (secondary N) is 3. The standard InChI is InChI=1S/C12H12N6O/c1-2-9-15-10(18-17-9)11(19)16-12-13-7-5-3-4-6-8(7)14-12/h3-6H,2H2,1H3,(H,15,17,18)(H2,13,14,16,19). The van der Waals surface area contributed by atoms with Gasteiger partial charge in [0.1, 0.15) is 5.82 Å². The summed E-state index contributed by atoms with van der Waals surface area (Å²) in [6.07, 6.45) is 0.699. The van der Waals surface area contributed by atoms with Crippen molar-refractivity contribution in [1.29, 1.82) is 0 Å². The molecule has 1 amide bonds. The zero-order valence-electron chi connectivity index (χ0n) is 10.3. The van der Waals surface area contributed by atoms with E-state index in [1.165, 1.54) is 0 Å². The maximum absolute atomic E-state index is 11.9. The molecule has 0 bridgehead atoms. The molecule has 1 aromatic carbocycles. The third-order valence-corrected chi connectivity index (χ3v) is 2.69. The number of aryl methyl sites for hydroxylation is 1. The van der Waals surface area contributed by atoms with Crippen molar-refractivity contribution in [2.45, 2.75) is 13.3 Å². The van der Waals surface area contributed by atoms with Gasteiger partial charge in [-0.3, -0.25) is 15.2 Å². The number of carbonyl (C=O) groups is 1. The van der Waals surface area contributed by atoms with Gasteiger partial charge in [0.05, 0.1) is 11.0 Å². The van der Waals surface area contributed by atoms with E-state index in [1.807, 2.05) is 31.2 Å². The van der Waals surface area contributed by atoms with E-state index in [-0.39, 0.29) is 5.82 Å². The van der Waals surface area contributed by atoms with Gasteiger partial charge in [0.15, 0.2) is 0 Å². The Balaban J connectivity index is 1.82. The van der Waals surface area contributed by atoms with E-state index >= 15 is 0 Å². The third-order valence-electron chi connectivity index (χ3n) is 2.69. The fraction of sp³-hybridized carbons (Fsp3) is 0.167. The van der Waals surface area contributed by atoms with Gasteiger partial charge in [-0.15, -0.1) is 5.10 Å². The molecule has 0 radical (unpaired) electrons. The molecule has 0 aliphatic rings. The highest BCUT2D eigenvalue weighted by Crippen LogP contribution is 2.13. The molecule has 0 atom stereocenters. The average Bonchev–Trinajstić information content (AvgIpc) is 3.04. The number of aromatic amines is 2. The summed E-state index contributed by atoms with van der Waals surface area (Å²) in [4.78, 5) is 23.2. The van der Waals surface area contributed by atoms with Crippen molar-refractivity contribution in [3.8, 4) is 0 Å². The Morgan fingerprint density at radius 3 is 2.89 bits per heavy atom. The highest BCUT2D eigenvalue weighted by atomic mass is 16.2. The lowest BCUT2D eigenvalue weighted by Gasteiger charge is -1.95. The summed E-state index contributed by atoms with van der Waals surface area (Å²) in [6, 6.07) is 7.54. The van der Waals surface area contributed by atoms with Gasteiger partial charge in [0.25, 0.3) is 5.91 Å². The number of amides is 1. The van der Waals surface area contributed by atoms with E-state index in [1.54, 1.807) is 0 Å². The number of carbonyl (C=O) groups excluding carboxylic acids is 1. The van der Waals surface area contributed by atoms with Crippen molar-refractivity contribution in [1.82, 2.24) is 25.1 Å². The molecule has 3 N–H and O–H groups in total. The van der Waals surface area contributed by atoms with Gasteiger partial charge in [0.2, 0.25) is 11.8 Å². The minimum atomic E-state index is -0.394.